The number of nitrogens with one attached hydrogen (secondary N) is 2. The summed E-state index contributed by atoms with van der Waals surface area (Å²) in [6, 6.07) is 11.5. The first-order valence-electron chi connectivity index (χ1n) is 11.1. The van der Waals surface area contributed by atoms with Crippen LogP contribution in [0.3, 0.4) is 0 Å². The average Bonchev–Trinajstić information content (AvgIpc) is 2.77. The number of carbonyl (C=O) groups is 2. The lowest BCUT2D eigenvalue weighted by atomic mass is 9.83. The van der Waals surface area contributed by atoms with Crippen LogP contribution >= 0.6 is 0 Å². The fourth-order valence-corrected chi connectivity index (χ4v) is 4.74. The molecule has 1 saturated heterocycles. The van der Waals surface area contributed by atoms with Crippen molar-refractivity contribution in [2.45, 2.75) is 38.8 Å². The molecule has 1 aromatic heterocycles. The van der Waals surface area contributed by atoms with Gasteiger partial charge in [-0.05, 0) is 36.5 Å². The van der Waals surface area contributed by atoms with Crippen LogP contribution in [0.1, 0.15) is 31.9 Å². The Morgan fingerprint density at radius 2 is 1.88 bits per heavy atom. The van der Waals surface area contributed by atoms with Crippen LogP contribution in [0.15, 0.2) is 47.3 Å². The molecule has 32 heavy (non-hydrogen) atoms. The minimum Gasteiger partial charge on any atom is -0.497 e. The largest absolute Gasteiger partial charge is 0.497 e. The Morgan fingerprint density at radius 3 is 2.62 bits per heavy atom. The van der Waals surface area contributed by atoms with Gasteiger partial charge in [-0.3, -0.25) is 9.59 Å². The number of pyridine rings is 1. The number of ether oxygens (including phenoxy) is 1. The van der Waals surface area contributed by atoms with Gasteiger partial charge in [-0.15, -0.1) is 0 Å². The van der Waals surface area contributed by atoms with Crippen molar-refractivity contribution in [2.75, 3.05) is 25.5 Å². The maximum atomic E-state index is 13.1. The molecular weight excluding hydrogens is 408 g/mol. The standard InChI is InChI=1S/C24H30N4O4/c1-15(2)22(23(30)25-18-6-4-7-19(11-18)32-3)26-24(31)27-12-16-10-17(14-27)20-8-5-9-21(29)28(20)13-16/h4-9,11,15-17,22H,10,12-14H2,1-3H3,(H,25,30)(H,26,31)/t16-,17?,22+/m1/s1. The normalized spacial score (nSPS) is 20.3. The topological polar surface area (TPSA) is 92.7 Å². The van der Waals surface area contributed by atoms with Gasteiger partial charge in [-0.25, -0.2) is 4.79 Å². The molecule has 0 spiro atoms. The SMILES string of the molecule is COc1cccc(NC(=O)[C@@H](NC(=O)N2CC3C[C@H](C2)Cn2c3cccc2=O)C(C)C)c1. The molecule has 2 bridgehead atoms. The van der Waals surface area contributed by atoms with Crippen molar-refractivity contribution < 1.29 is 14.3 Å². The molecule has 8 heteroatoms. The molecule has 3 amide bonds. The second kappa shape index (κ2) is 9.06. The number of rotatable bonds is 5. The van der Waals surface area contributed by atoms with Crippen LogP contribution in [0.2, 0.25) is 0 Å². The molecule has 0 radical (unpaired) electrons. The van der Waals surface area contributed by atoms with Gasteiger partial charge in [0, 0.05) is 49.1 Å². The van der Waals surface area contributed by atoms with E-state index in [-0.39, 0.29) is 35.3 Å². The fourth-order valence-electron chi connectivity index (χ4n) is 4.74. The highest BCUT2D eigenvalue weighted by molar-refractivity contribution is 5.97. The number of benzene rings is 1. The van der Waals surface area contributed by atoms with E-state index in [1.54, 1.807) is 48.4 Å². The molecule has 0 aliphatic carbocycles. The molecule has 3 atom stereocenters. The van der Waals surface area contributed by atoms with Crippen LogP contribution in [0, 0.1) is 11.8 Å². The highest BCUT2D eigenvalue weighted by Gasteiger charge is 2.37. The van der Waals surface area contributed by atoms with Crippen molar-refractivity contribution in [3.05, 3.63) is 58.5 Å². The summed E-state index contributed by atoms with van der Waals surface area (Å²) in [4.78, 5) is 40.1. The van der Waals surface area contributed by atoms with E-state index in [0.29, 0.717) is 31.1 Å². The Bertz CT molecular complexity index is 1060. The Labute approximate surface area is 187 Å². The number of urea groups is 1. The number of methoxy groups -OCH3 is 1. The first kappa shape index (κ1) is 21.9. The van der Waals surface area contributed by atoms with Crippen LogP contribution in [-0.2, 0) is 11.3 Å². The molecule has 2 aliphatic rings. The molecule has 3 heterocycles. The molecule has 0 saturated carbocycles. The minimum atomic E-state index is -0.676. The molecule has 2 aliphatic heterocycles. The van der Waals surface area contributed by atoms with Crippen LogP contribution < -0.4 is 20.9 Å². The van der Waals surface area contributed by atoms with E-state index in [9.17, 15) is 14.4 Å². The summed E-state index contributed by atoms with van der Waals surface area (Å²) in [7, 11) is 1.57. The van der Waals surface area contributed by atoms with Gasteiger partial charge in [0.15, 0.2) is 0 Å². The zero-order valence-corrected chi connectivity index (χ0v) is 18.7. The van der Waals surface area contributed by atoms with Gasteiger partial charge in [-0.2, -0.15) is 0 Å². The van der Waals surface area contributed by atoms with Gasteiger partial charge in [0.05, 0.1) is 7.11 Å². The highest BCUT2D eigenvalue weighted by Crippen LogP contribution is 2.35. The van der Waals surface area contributed by atoms with E-state index in [2.05, 4.69) is 10.6 Å². The summed E-state index contributed by atoms with van der Waals surface area (Å²) < 4.78 is 7.05. The van der Waals surface area contributed by atoms with Crippen molar-refractivity contribution in [1.82, 2.24) is 14.8 Å². The lowest BCUT2D eigenvalue weighted by Gasteiger charge is -2.43. The first-order valence-corrected chi connectivity index (χ1v) is 11.1. The number of aromatic nitrogens is 1. The number of anilines is 1. The number of piperidine rings is 1. The smallest absolute Gasteiger partial charge is 0.318 e. The maximum absolute atomic E-state index is 13.1. The van der Waals surface area contributed by atoms with E-state index in [0.717, 1.165) is 12.1 Å². The molecule has 1 aromatic carbocycles. The third-order valence-electron chi connectivity index (χ3n) is 6.33. The first-order chi connectivity index (χ1) is 15.4. The van der Waals surface area contributed by atoms with Gasteiger partial charge in [0.2, 0.25) is 5.91 Å². The second-order valence-corrected chi connectivity index (χ2v) is 9.00. The highest BCUT2D eigenvalue weighted by atomic mass is 16.5. The Morgan fingerprint density at radius 1 is 1.09 bits per heavy atom. The lowest BCUT2D eigenvalue weighted by molar-refractivity contribution is -0.118. The predicted octanol–water partition coefficient (Wildman–Crippen LogP) is 2.65. The Kier molecular flexibility index (Phi) is 6.21. The van der Waals surface area contributed by atoms with E-state index in [1.807, 2.05) is 24.5 Å². The number of fused-ring (bicyclic) bond motifs is 4. The zero-order valence-electron chi connectivity index (χ0n) is 18.7. The Balaban J connectivity index is 1.44. The monoisotopic (exact) mass is 438 g/mol. The van der Waals surface area contributed by atoms with Gasteiger partial charge in [0.1, 0.15) is 11.8 Å². The van der Waals surface area contributed by atoms with Crippen molar-refractivity contribution in [2.24, 2.45) is 11.8 Å². The maximum Gasteiger partial charge on any atom is 0.318 e. The summed E-state index contributed by atoms with van der Waals surface area (Å²) in [5.41, 5.74) is 1.62. The van der Waals surface area contributed by atoms with Crippen molar-refractivity contribution in [3.8, 4) is 5.75 Å². The van der Waals surface area contributed by atoms with Gasteiger partial charge >= 0.3 is 6.03 Å². The zero-order chi connectivity index (χ0) is 22.8. The van der Waals surface area contributed by atoms with Gasteiger partial charge in [-0.1, -0.05) is 26.0 Å². The number of amides is 3. The predicted molar refractivity (Wildman–Crippen MR) is 122 cm³/mol. The van der Waals surface area contributed by atoms with E-state index in [1.165, 1.54) is 0 Å². The quantitative estimate of drug-likeness (QED) is 0.751. The van der Waals surface area contributed by atoms with E-state index >= 15 is 0 Å². The van der Waals surface area contributed by atoms with E-state index < -0.39 is 6.04 Å². The summed E-state index contributed by atoms with van der Waals surface area (Å²) in [5.74, 6) is 0.650. The minimum absolute atomic E-state index is 0.0178. The summed E-state index contributed by atoms with van der Waals surface area (Å²) in [6.07, 6.45) is 0.969. The van der Waals surface area contributed by atoms with E-state index in [4.69, 9.17) is 4.74 Å². The number of likely N-dealkylation sites (tertiary alicyclic amines) is 1. The summed E-state index contributed by atoms with van der Waals surface area (Å²) >= 11 is 0. The van der Waals surface area contributed by atoms with Crippen molar-refractivity contribution in [1.29, 1.82) is 0 Å². The number of hydrogen-bond donors (Lipinski definition) is 2. The number of carbonyl (C=O) groups excluding carboxylic acids is 2. The van der Waals surface area contributed by atoms with Crippen LogP contribution in [0.5, 0.6) is 5.75 Å². The molecular formula is C24H30N4O4. The second-order valence-electron chi connectivity index (χ2n) is 9.00. The molecule has 8 nitrogen and oxygen atoms in total. The number of nitrogens with zero attached hydrogens (tertiary/aromatic N) is 2. The summed E-state index contributed by atoms with van der Waals surface area (Å²) in [6.45, 7) is 5.55. The van der Waals surface area contributed by atoms with Crippen LogP contribution in [-0.4, -0.2) is 47.6 Å². The molecule has 2 N–H and O–H groups in total. The van der Waals surface area contributed by atoms with Crippen molar-refractivity contribution >= 4 is 17.6 Å². The summed E-state index contributed by atoms with van der Waals surface area (Å²) in [5, 5.41) is 5.81. The van der Waals surface area contributed by atoms with Crippen molar-refractivity contribution in [3.63, 3.8) is 0 Å². The molecule has 1 fully saturated rings. The lowest BCUT2D eigenvalue weighted by Crippen LogP contribution is -2.56. The third-order valence-corrected chi connectivity index (χ3v) is 6.33. The van der Waals surface area contributed by atoms with Crippen LogP contribution in [0.4, 0.5) is 10.5 Å². The molecule has 1 unspecified atom stereocenters. The molecule has 4 rings (SSSR count). The Hall–Kier alpha value is -3.29. The van der Waals surface area contributed by atoms with Gasteiger partial charge < -0.3 is 24.8 Å². The van der Waals surface area contributed by atoms with Crippen LogP contribution in [0.25, 0.3) is 0 Å². The average molecular weight is 439 g/mol. The fraction of sp³-hybridized carbons (Fsp3) is 0.458. The van der Waals surface area contributed by atoms with Gasteiger partial charge in [0.25, 0.3) is 5.56 Å². The third kappa shape index (κ3) is 4.49. The molecule has 170 valence electrons. The molecule has 2 aromatic rings. The number of hydrogen-bond acceptors (Lipinski definition) is 4.